The number of primary amides is 1. The maximum Gasteiger partial charge on any atom is 0.284 e. The van der Waals surface area contributed by atoms with Gasteiger partial charge in [-0.15, -0.1) is 0 Å². The molecule has 0 fully saturated rings. The first-order valence-corrected chi connectivity index (χ1v) is 5.18. The number of ether oxygens (including phenoxy) is 1. The summed E-state index contributed by atoms with van der Waals surface area (Å²) in [6.07, 6.45) is 1.51. The van der Waals surface area contributed by atoms with E-state index in [1.54, 1.807) is 25.3 Å². The SMILES string of the molecule is COc1ccc(Cl)cc1-c1cnc(C(N)=O)[nH]1. The van der Waals surface area contributed by atoms with Crippen molar-refractivity contribution in [2.45, 2.75) is 0 Å². The minimum absolute atomic E-state index is 0.0991. The lowest BCUT2D eigenvalue weighted by molar-refractivity contribution is 0.0991. The Hall–Kier alpha value is -2.01. The summed E-state index contributed by atoms with van der Waals surface area (Å²) in [6, 6.07) is 5.18. The molecule has 1 aromatic heterocycles. The van der Waals surface area contributed by atoms with E-state index in [0.29, 0.717) is 16.5 Å². The number of rotatable bonds is 3. The van der Waals surface area contributed by atoms with Crippen molar-refractivity contribution in [1.29, 1.82) is 0 Å². The number of nitrogens with two attached hydrogens (primary N) is 1. The number of hydrogen-bond acceptors (Lipinski definition) is 3. The summed E-state index contributed by atoms with van der Waals surface area (Å²) in [6.45, 7) is 0. The summed E-state index contributed by atoms with van der Waals surface area (Å²) >= 11 is 5.91. The van der Waals surface area contributed by atoms with Crippen molar-refractivity contribution in [2.75, 3.05) is 7.11 Å². The Labute approximate surface area is 103 Å². The normalized spacial score (nSPS) is 10.2. The van der Waals surface area contributed by atoms with Crippen LogP contribution in [0.4, 0.5) is 0 Å². The third-order valence-corrected chi connectivity index (χ3v) is 2.50. The van der Waals surface area contributed by atoms with E-state index in [1.165, 1.54) is 6.20 Å². The molecule has 0 radical (unpaired) electrons. The van der Waals surface area contributed by atoms with Gasteiger partial charge < -0.3 is 15.5 Å². The van der Waals surface area contributed by atoms with Crippen molar-refractivity contribution in [1.82, 2.24) is 9.97 Å². The summed E-state index contributed by atoms with van der Waals surface area (Å²) in [4.78, 5) is 17.6. The molecule has 0 unspecified atom stereocenters. The Morgan fingerprint density at radius 3 is 2.88 bits per heavy atom. The van der Waals surface area contributed by atoms with E-state index >= 15 is 0 Å². The molecule has 0 aliphatic heterocycles. The molecular formula is C11H10ClN3O2. The zero-order valence-electron chi connectivity index (χ0n) is 9.03. The number of imidazole rings is 1. The second-order valence-corrected chi connectivity index (χ2v) is 3.79. The highest BCUT2D eigenvalue weighted by atomic mass is 35.5. The smallest absolute Gasteiger partial charge is 0.284 e. The lowest BCUT2D eigenvalue weighted by atomic mass is 10.1. The van der Waals surface area contributed by atoms with Gasteiger partial charge in [-0.25, -0.2) is 4.98 Å². The standard InChI is InChI=1S/C11H10ClN3O2/c1-17-9-3-2-6(12)4-7(9)8-5-14-11(15-8)10(13)16/h2-5H,1H3,(H2,13,16)(H,14,15). The highest BCUT2D eigenvalue weighted by Gasteiger charge is 2.11. The number of H-pyrrole nitrogens is 1. The van der Waals surface area contributed by atoms with Crippen LogP contribution in [0.25, 0.3) is 11.3 Å². The van der Waals surface area contributed by atoms with Gasteiger partial charge in [0.2, 0.25) is 0 Å². The zero-order chi connectivity index (χ0) is 12.4. The van der Waals surface area contributed by atoms with Crippen LogP contribution in [0.2, 0.25) is 5.02 Å². The van der Waals surface area contributed by atoms with Crippen LogP contribution in [0.1, 0.15) is 10.6 Å². The number of nitrogens with one attached hydrogen (secondary N) is 1. The largest absolute Gasteiger partial charge is 0.496 e. The average Bonchev–Trinajstić information content (AvgIpc) is 2.78. The number of benzene rings is 1. The Morgan fingerprint density at radius 2 is 2.29 bits per heavy atom. The second kappa shape index (κ2) is 4.47. The molecule has 2 aromatic rings. The molecule has 6 heteroatoms. The predicted octanol–water partition coefficient (Wildman–Crippen LogP) is 1.84. The van der Waals surface area contributed by atoms with E-state index in [-0.39, 0.29) is 5.82 Å². The van der Waals surface area contributed by atoms with Crippen LogP contribution in [0, 0.1) is 0 Å². The molecule has 0 aliphatic rings. The van der Waals surface area contributed by atoms with Gasteiger partial charge in [-0.1, -0.05) is 11.6 Å². The number of aromatic amines is 1. The van der Waals surface area contributed by atoms with E-state index in [4.69, 9.17) is 22.1 Å². The van der Waals surface area contributed by atoms with Gasteiger partial charge in [0.15, 0.2) is 5.82 Å². The van der Waals surface area contributed by atoms with E-state index in [1.807, 2.05) is 0 Å². The van der Waals surface area contributed by atoms with Gasteiger partial charge in [-0.05, 0) is 18.2 Å². The third-order valence-electron chi connectivity index (χ3n) is 2.26. The zero-order valence-corrected chi connectivity index (χ0v) is 9.78. The van der Waals surface area contributed by atoms with E-state index in [9.17, 15) is 4.79 Å². The number of amides is 1. The quantitative estimate of drug-likeness (QED) is 0.873. The molecule has 1 amide bonds. The minimum Gasteiger partial charge on any atom is -0.496 e. The van der Waals surface area contributed by atoms with Crippen LogP contribution in [-0.2, 0) is 0 Å². The highest BCUT2D eigenvalue weighted by molar-refractivity contribution is 6.30. The van der Waals surface area contributed by atoms with Gasteiger partial charge in [0.1, 0.15) is 5.75 Å². The van der Waals surface area contributed by atoms with Crippen molar-refractivity contribution in [2.24, 2.45) is 5.73 Å². The fourth-order valence-corrected chi connectivity index (χ4v) is 1.65. The van der Waals surface area contributed by atoms with Gasteiger partial charge in [-0.2, -0.15) is 0 Å². The summed E-state index contributed by atoms with van der Waals surface area (Å²) < 4.78 is 5.20. The van der Waals surface area contributed by atoms with Gasteiger partial charge in [0.25, 0.3) is 5.91 Å². The number of hydrogen-bond donors (Lipinski definition) is 2. The molecule has 0 atom stereocenters. The minimum atomic E-state index is -0.614. The maximum absolute atomic E-state index is 10.9. The van der Waals surface area contributed by atoms with Gasteiger partial charge in [-0.3, -0.25) is 4.79 Å². The van der Waals surface area contributed by atoms with E-state index < -0.39 is 5.91 Å². The third kappa shape index (κ3) is 2.24. The summed E-state index contributed by atoms with van der Waals surface area (Å²) in [5.41, 5.74) is 6.46. The molecule has 88 valence electrons. The molecule has 1 heterocycles. The monoisotopic (exact) mass is 251 g/mol. The fourth-order valence-electron chi connectivity index (χ4n) is 1.47. The first-order valence-electron chi connectivity index (χ1n) is 4.80. The molecule has 1 aromatic carbocycles. The average molecular weight is 252 g/mol. The Morgan fingerprint density at radius 1 is 1.53 bits per heavy atom. The lowest BCUT2D eigenvalue weighted by Crippen LogP contribution is -2.12. The molecule has 0 bridgehead atoms. The first-order chi connectivity index (χ1) is 8.11. The van der Waals surface area contributed by atoms with Crippen molar-refractivity contribution in [3.8, 4) is 17.0 Å². The molecule has 5 nitrogen and oxygen atoms in total. The predicted molar refractivity (Wildman–Crippen MR) is 64.1 cm³/mol. The molecule has 0 aliphatic carbocycles. The van der Waals surface area contributed by atoms with E-state index in [2.05, 4.69) is 9.97 Å². The van der Waals surface area contributed by atoms with Crippen LogP contribution in [-0.4, -0.2) is 23.0 Å². The number of carbonyl (C=O) groups excluding carboxylic acids is 1. The number of halogens is 1. The highest BCUT2D eigenvalue weighted by Crippen LogP contribution is 2.31. The molecule has 0 saturated carbocycles. The van der Waals surface area contributed by atoms with Crippen LogP contribution in [0.3, 0.4) is 0 Å². The summed E-state index contributed by atoms with van der Waals surface area (Å²) in [5, 5.41) is 0.566. The second-order valence-electron chi connectivity index (χ2n) is 3.35. The van der Waals surface area contributed by atoms with Crippen molar-refractivity contribution in [3.63, 3.8) is 0 Å². The Bertz CT molecular complexity index is 566. The van der Waals surface area contributed by atoms with Crippen molar-refractivity contribution in [3.05, 3.63) is 35.2 Å². The number of methoxy groups -OCH3 is 1. The van der Waals surface area contributed by atoms with Gasteiger partial charge in [0.05, 0.1) is 19.0 Å². The van der Waals surface area contributed by atoms with E-state index in [0.717, 1.165) is 5.56 Å². The molecule has 17 heavy (non-hydrogen) atoms. The van der Waals surface area contributed by atoms with Crippen LogP contribution in [0.5, 0.6) is 5.75 Å². The number of nitrogens with zero attached hydrogens (tertiary/aromatic N) is 1. The Kier molecular flexibility index (Phi) is 3.01. The van der Waals surface area contributed by atoms with Crippen molar-refractivity contribution < 1.29 is 9.53 Å². The molecule has 3 N–H and O–H groups in total. The van der Waals surface area contributed by atoms with Crippen LogP contribution in [0.15, 0.2) is 24.4 Å². The number of carbonyl (C=O) groups is 1. The molecule has 0 saturated heterocycles. The maximum atomic E-state index is 10.9. The lowest BCUT2D eigenvalue weighted by Gasteiger charge is -2.06. The van der Waals surface area contributed by atoms with Crippen LogP contribution < -0.4 is 10.5 Å². The summed E-state index contributed by atoms with van der Waals surface area (Å²) in [5.74, 6) is 0.119. The fraction of sp³-hybridized carbons (Fsp3) is 0.0909. The molecular weight excluding hydrogens is 242 g/mol. The number of aromatic nitrogens is 2. The topological polar surface area (TPSA) is 81.0 Å². The van der Waals surface area contributed by atoms with Gasteiger partial charge >= 0.3 is 0 Å². The van der Waals surface area contributed by atoms with Crippen LogP contribution >= 0.6 is 11.6 Å². The first kappa shape index (κ1) is 11.5. The molecule has 0 spiro atoms. The Balaban J connectivity index is 2.51. The molecule has 2 rings (SSSR count). The summed E-state index contributed by atoms with van der Waals surface area (Å²) in [7, 11) is 1.55. The van der Waals surface area contributed by atoms with Gasteiger partial charge in [0, 0.05) is 10.6 Å². The van der Waals surface area contributed by atoms with Crippen molar-refractivity contribution >= 4 is 17.5 Å².